The predicted molar refractivity (Wildman–Crippen MR) is 122 cm³/mol. The van der Waals surface area contributed by atoms with Crippen molar-refractivity contribution in [2.75, 3.05) is 17.2 Å². The third kappa shape index (κ3) is 5.36. The maximum absolute atomic E-state index is 9.79. The van der Waals surface area contributed by atoms with Crippen molar-refractivity contribution in [1.82, 2.24) is 9.97 Å². The van der Waals surface area contributed by atoms with Crippen LogP contribution in [0.25, 0.3) is 0 Å². The van der Waals surface area contributed by atoms with Crippen molar-refractivity contribution in [2.24, 2.45) is 5.92 Å². The minimum Gasteiger partial charge on any atom is -0.391 e. The minimum atomic E-state index is -0.105. The fourth-order valence-corrected chi connectivity index (χ4v) is 4.08. The lowest BCUT2D eigenvalue weighted by atomic mass is 9.89. The Morgan fingerprint density at radius 3 is 2.47 bits per heavy atom. The fraction of sp³-hybridized carbons (Fsp3) is 0.360. The summed E-state index contributed by atoms with van der Waals surface area (Å²) in [5.41, 5.74) is 4.12. The highest BCUT2D eigenvalue weighted by molar-refractivity contribution is 5.64. The molecule has 4 rings (SSSR count). The van der Waals surface area contributed by atoms with Gasteiger partial charge in [0.15, 0.2) is 0 Å². The van der Waals surface area contributed by atoms with Crippen LogP contribution >= 0.6 is 0 Å². The van der Waals surface area contributed by atoms with Gasteiger partial charge in [-0.15, -0.1) is 0 Å². The molecular formula is C25H30N4O. The molecule has 1 aliphatic rings. The highest BCUT2D eigenvalue weighted by atomic mass is 16.3. The Morgan fingerprint density at radius 1 is 0.900 bits per heavy atom. The smallest absolute Gasteiger partial charge is 0.224 e. The van der Waals surface area contributed by atoms with Gasteiger partial charge in [-0.2, -0.15) is 4.98 Å². The summed E-state index contributed by atoms with van der Waals surface area (Å²) < 4.78 is 0. The van der Waals surface area contributed by atoms with Crippen LogP contribution in [0.4, 0.5) is 17.5 Å². The number of rotatable bonds is 8. The molecule has 0 amide bonds. The Balaban J connectivity index is 1.50. The molecule has 0 bridgehead atoms. The summed E-state index contributed by atoms with van der Waals surface area (Å²) in [6, 6.07) is 18.7. The molecule has 3 aromatic rings. The van der Waals surface area contributed by atoms with Crippen LogP contribution in [0.15, 0.2) is 60.8 Å². The first-order chi connectivity index (χ1) is 14.8. The highest BCUT2D eigenvalue weighted by Crippen LogP contribution is 2.26. The zero-order valence-corrected chi connectivity index (χ0v) is 17.3. The van der Waals surface area contributed by atoms with E-state index in [-0.39, 0.29) is 6.61 Å². The number of para-hydroxylation sites is 1. The van der Waals surface area contributed by atoms with E-state index in [0.29, 0.717) is 23.2 Å². The summed E-state index contributed by atoms with van der Waals surface area (Å²) in [7, 11) is 0. The van der Waals surface area contributed by atoms with Crippen molar-refractivity contribution in [2.45, 2.75) is 45.1 Å². The summed E-state index contributed by atoms with van der Waals surface area (Å²) in [6.45, 7) is 0.800. The predicted octanol–water partition coefficient (Wildman–Crippen LogP) is 5.30. The molecule has 5 nitrogen and oxygen atoms in total. The van der Waals surface area contributed by atoms with Gasteiger partial charge in [-0.05, 0) is 42.4 Å². The zero-order valence-electron chi connectivity index (χ0n) is 17.3. The SMILES string of the molecule is OCc1cnc(NCC2CCCCC2)nc1Nc1ccccc1Cc1ccccc1. The summed E-state index contributed by atoms with van der Waals surface area (Å²) >= 11 is 0. The first-order valence-corrected chi connectivity index (χ1v) is 10.9. The van der Waals surface area contributed by atoms with Crippen molar-refractivity contribution >= 4 is 17.5 Å². The second kappa shape index (κ2) is 10.2. The van der Waals surface area contributed by atoms with Gasteiger partial charge in [0, 0.05) is 24.0 Å². The van der Waals surface area contributed by atoms with Gasteiger partial charge in [0.25, 0.3) is 0 Å². The van der Waals surface area contributed by atoms with Crippen molar-refractivity contribution in [3.8, 4) is 0 Å². The zero-order chi connectivity index (χ0) is 20.6. The van der Waals surface area contributed by atoms with Gasteiger partial charge in [-0.3, -0.25) is 0 Å². The van der Waals surface area contributed by atoms with E-state index >= 15 is 0 Å². The van der Waals surface area contributed by atoms with Gasteiger partial charge in [0.1, 0.15) is 5.82 Å². The molecule has 1 saturated carbocycles. The molecule has 1 fully saturated rings. The van der Waals surface area contributed by atoms with Crippen LogP contribution in [-0.2, 0) is 13.0 Å². The van der Waals surface area contributed by atoms with E-state index in [2.05, 4.69) is 57.0 Å². The van der Waals surface area contributed by atoms with Crippen LogP contribution in [-0.4, -0.2) is 21.6 Å². The van der Waals surface area contributed by atoms with Gasteiger partial charge < -0.3 is 15.7 Å². The van der Waals surface area contributed by atoms with Gasteiger partial charge in [0.2, 0.25) is 5.95 Å². The van der Waals surface area contributed by atoms with Crippen LogP contribution in [0.5, 0.6) is 0 Å². The van der Waals surface area contributed by atoms with Crippen LogP contribution < -0.4 is 10.6 Å². The molecule has 2 aromatic carbocycles. The van der Waals surface area contributed by atoms with Crippen LogP contribution in [0.2, 0.25) is 0 Å². The maximum atomic E-state index is 9.79. The Labute approximate surface area is 178 Å². The minimum absolute atomic E-state index is 0.105. The number of aliphatic hydroxyl groups is 1. The topological polar surface area (TPSA) is 70.1 Å². The van der Waals surface area contributed by atoms with Crippen LogP contribution in [0.3, 0.4) is 0 Å². The van der Waals surface area contributed by atoms with E-state index in [9.17, 15) is 5.11 Å². The number of aliphatic hydroxyl groups excluding tert-OH is 1. The lowest BCUT2D eigenvalue weighted by Crippen LogP contribution is -2.18. The molecule has 0 spiro atoms. The van der Waals surface area contributed by atoms with Crippen LogP contribution in [0, 0.1) is 5.92 Å². The summed E-state index contributed by atoms with van der Waals surface area (Å²) in [6.07, 6.45) is 9.09. The molecule has 30 heavy (non-hydrogen) atoms. The number of aromatic nitrogens is 2. The summed E-state index contributed by atoms with van der Waals surface area (Å²) in [4.78, 5) is 9.08. The lowest BCUT2D eigenvalue weighted by Gasteiger charge is -2.22. The molecule has 1 heterocycles. The first-order valence-electron chi connectivity index (χ1n) is 10.9. The second-order valence-electron chi connectivity index (χ2n) is 8.06. The molecule has 3 N–H and O–H groups in total. The molecule has 5 heteroatoms. The molecular weight excluding hydrogens is 372 g/mol. The van der Waals surface area contributed by atoms with E-state index in [1.807, 2.05) is 18.2 Å². The monoisotopic (exact) mass is 402 g/mol. The Hall–Kier alpha value is -2.92. The van der Waals surface area contributed by atoms with E-state index in [1.54, 1.807) is 6.20 Å². The molecule has 0 atom stereocenters. The molecule has 0 unspecified atom stereocenters. The van der Waals surface area contributed by atoms with Crippen molar-refractivity contribution in [1.29, 1.82) is 0 Å². The highest BCUT2D eigenvalue weighted by Gasteiger charge is 2.14. The average molecular weight is 403 g/mol. The number of nitrogens with zero attached hydrogens (tertiary/aromatic N) is 2. The van der Waals surface area contributed by atoms with Gasteiger partial charge >= 0.3 is 0 Å². The number of hydrogen-bond acceptors (Lipinski definition) is 5. The van der Waals surface area contributed by atoms with Crippen LogP contribution in [0.1, 0.15) is 48.8 Å². The molecule has 156 valence electrons. The fourth-order valence-electron chi connectivity index (χ4n) is 4.08. The number of hydrogen-bond donors (Lipinski definition) is 3. The molecule has 0 radical (unpaired) electrons. The normalized spacial score (nSPS) is 14.4. The van der Waals surface area contributed by atoms with Gasteiger partial charge in [0.05, 0.1) is 6.61 Å². The third-order valence-corrected chi connectivity index (χ3v) is 5.82. The van der Waals surface area contributed by atoms with E-state index in [4.69, 9.17) is 0 Å². The Morgan fingerprint density at radius 2 is 1.67 bits per heavy atom. The van der Waals surface area contributed by atoms with Crippen molar-refractivity contribution in [3.05, 3.63) is 77.5 Å². The maximum Gasteiger partial charge on any atom is 0.224 e. The Bertz CT molecular complexity index is 939. The van der Waals surface area contributed by atoms with Gasteiger partial charge in [-0.25, -0.2) is 4.98 Å². The standard InChI is InChI=1S/C25H30N4O/c30-18-22-17-27-25(26-16-20-11-5-2-6-12-20)29-24(22)28-23-14-8-7-13-21(23)15-19-9-3-1-4-10-19/h1,3-4,7-10,13-14,17,20,30H,2,5-6,11-12,15-16,18H2,(H2,26,27,28,29). The number of benzene rings is 2. The quantitative estimate of drug-likeness (QED) is 0.477. The lowest BCUT2D eigenvalue weighted by molar-refractivity contribution is 0.281. The summed E-state index contributed by atoms with van der Waals surface area (Å²) in [5.74, 6) is 1.96. The van der Waals surface area contributed by atoms with Crippen molar-refractivity contribution in [3.63, 3.8) is 0 Å². The largest absolute Gasteiger partial charge is 0.391 e. The third-order valence-electron chi connectivity index (χ3n) is 5.82. The van der Waals surface area contributed by atoms with E-state index < -0.39 is 0 Å². The molecule has 1 aromatic heterocycles. The van der Waals surface area contributed by atoms with Gasteiger partial charge in [-0.1, -0.05) is 67.8 Å². The van der Waals surface area contributed by atoms with E-state index in [0.717, 1.165) is 18.7 Å². The summed E-state index contributed by atoms with van der Waals surface area (Å²) in [5, 5.41) is 16.6. The average Bonchev–Trinajstić information content (AvgIpc) is 2.80. The Kier molecular flexibility index (Phi) is 6.93. The number of nitrogens with one attached hydrogen (secondary N) is 2. The second-order valence-corrected chi connectivity index (χ2v) is 8.06. The number of anilines is 3. The molecule has 0 aliphatic heterocycles. The molecule has 0 saturated heterocycles. The first kappa shape index (κ1) is 20.4. The van der Waals surface area contributed by atoms with E-state index in [1.165, 1.54) is 43.2 Å². The molecule has 1 aliphatic carbocycles. The van der Waals surface area contributed by atoms with Crippen molar-refractivity contribution < 1.29 is 5.11 Å².